The summed E-state index contributed by atoms with van der Waals surface area (Å²) in [7, 11) is 0. The van der Waals surface area contributed by atoms with Gasteiger partial charge in [0, 0.05) is 12.4 Å². The third-order valence-corrected chi connectivity index (χ3v) is 2.64. The van der Waals surface area contributed by atoms with Crippen LogP contribution in [-0.2, 0) is 0 Å². The Balaban J connectivity index is 2.27. The fraction of sp³-hybridized carbons (Fsp3) is 0.231. The Kier molecular flexibility index (Phi) is 3.15. The van der Waals surface area contributed by atoms with E-state index < -0.39 is 0 Å². The Morgan fingerprint density at radius 1 is 1.31 bits per heavy atom. The minimum atomic E-state index is -0.110. The van der Waals surface area contributed by atoms with Crippen molar-refractivity contribution in [3.05, 3.63) is 54.4 Å². The lowest BCUT2D eigenvalue weighted by Crippen LogP contribution is -2.20. The summed E-state index contributed by atoms with van der Waals surface area (Å²) in [5.41, 5.74) is 1.05. The molecular weight excluding hydrogens is 200 g/mol. The number of benzene rings is 1. The van der Waals surface area contributed by atoms with Gasteiger partial charge in [-0.2, -0.15) is 5.10 Å². The average Bonchev–Trinajstić information content (AvgIpc) is 2.85. The molecule has 0 unspecified atom stereocenters. The molecule has 1 aromatic carbocycles. The van der Waals surface area contributed by atoms with Crippen molar-refractivity contribution in [1.29, 1.82) is 0 Å². The standard InChI is InChI=1S/C13H14N2O/c1-2-12(11-7-4-3-5-8-11)13(16)15-10-6-9-14-15/h3-10,12H,2H2,1H3/t12-/m1/s1. The van der Waals surface area contributed by atoms with Crippen molar-refractivity contribution in [2.24, 2.45) is 0 Å². The molecule has 1 heterocycles. The van der Waals surface area contributed by atoms with Gasteiger partial charge in [0.25, 0.3) is 5.91 Å². The smallest absolute Gasteiger partial charge is 0.254 e. The summed E-state index contributed by atoms with van der Waals surface area (Å²) < 4.78 is 1.40. The maximum absolute atomic E-state index is 12.1. The highest BCUT2D eigenvalue weighted by molar-refractivity contribution is 5.85. The molecule has 0 spiro atoms. The maximum Gasteiger partial charge on any atom is 0.254 e. The van der Waals surface area contributed by atoms with E-state index in [0.717, 1.165) is 12.0 Å². The Bertz CT molecular complexity index is 448. The van der Waals surface area contributed by atoms with Crippen LogP contribution in [0, 0.1) is 0 Å². The predicted molar refractivity (Wildman–Crippen MR) is 62.3 cm³/mol. The van der Waals surface area contributed by atoms with Crippen LogP contribution in [0.25, 0.3) is 0 Å². The van der Waals surface area contributed by atoms with Crippen LogP contribution in [0.5, 0.6) is 0 Å². The number of hydrogen-bond acceptors (Lipinski definition) is 2. The molecule has 0 aliphatic heterocycles. The van der Waals surface area contributed by atoms with Crippen molar-refractivity contribution < 1.29 is 4.79 Å². The van der Waals surface area contributed by atoms with Gasteiger partial charge in [0.2, 0.25) is 0 Å². The molecule has 0 N–H and O–H groups in total. The minimum absolute atomic E-state index is 0.0266. The van der Waals surface area contributed by atoms with Gasteiger partial charge in [-0.05, 0) is 18.1 Å². The first-order valence-corrected chi connectivity index (χ1v) is 5.41. The maximum atomic E-state index is 12.1. The van der Waals surface area contributed by atoms with Crippen LogP contribution in [0.2, 0.25) is 0 Å². The molecule has 0 saturated heterocycles. The number of carbonyl (C=O) groups excluding carboxylic acids is 1. The van der Waals surface area contributed by atoms with Crippen molar-refractivity contribution in [2.45, 2.75) is 19.3 Å². The largest absolute Gasteiger partial charge is 0.272 e. The van der Waals surface area contributed by atoms with E-state index in [1.54, 1.807) is 18.5 Å². The Labute approximate surface area is 94.7 Å². The first-order valence-electron chi connectivity index (χ1n) is 5.41. The highest BCUT2D eigenvalue weighted by Gasteiger charge is 2.19. The van der Waals surface area contributed by atoms with E-state index in [0.29, 0.717) is 0 Å². The topological polar surface area (TPSA) is 34.9 Å². The number of hydrogen-bond donors (Lipinski definition) is 0. The Morgan fingerprint density at radius 3 is 2.62 bits per heavy atom. The molecule has 16 heavy (non-hydrogen) atoms. The van der Waals surface area contributed by atoms with Gasteiger partial charge in [-0.3, -0.25) is 4.79 Å². The fourth-order valence-electron chi connectivity index (χ4n) is 1.80. The van der Waals surface area contributed by atoms with Crippen LogP contribution < -0.4 is 0 Å². The van der Waals surface area contributed by atoms with Crippen molar-refractivity contribution in [2.75, 3.05) is 0 Å². The average molecular weight is 214 g/mol. The number of nitrogens with zero attached hydrogens (tertiary/aromatic N) is 2. The Morgan fingerprint density at radius 2 is 2.06 bits per heavy atom. The lowest BCUT2D eigenvalue weighted by Gasteiger charge is -2.13. The fourth-order valence-corrected chi connectivity index (χ4v) is 1.80. The van der Waals surface area contributed by atoms with Crippen LogP contribution in [0.3, 0.4) is 0 Å². The molecule has 0 aliphatic rings. The van der Waals surface area contributed by atoms with Crippen LogP contribution in [0.1, 0.15) is 29.6 Å². The summed E-state index contributed by atoms with van der Waals surface area (Å²) in [6.07, 6.45) is 4.09. The molecule has 1 atom stereocenters. The first-order chi connectivity index (χ1) is 7.83. The second kappa shape index (κ2) is 4.75. The van der Waals surface area contributed by atoms with Gasteiger partial charge in [0.05, 0.1) is 5.92 Å². The van der Waals surface area contributed by atoms with Gasteiger partial charge >= 0.3 is 0 Å². The quantitative estimate of drug-likeness (QED) is 0.787. The molecule has 3 nitrogen and oxygen atoms in total. The van der Waals surface area contributed by atoms with E-state index in [4.69, 9.17) is 0 Å². The molecule has 0 radical (unpaired) electrons. The second-order valence-corrected chi connectivity index (χ2v) is 3.66. The van der Waals surface area contributed by atoms with Gasteiger partial charge in [-0.15, -0.1) is 0 Å². The van der Waals surface area contributed by atoms with E-state index in [1.165, 1.54) is 4.68 Å². The van der Waals surface area contributed by atoms with Crippen molar-refractivity contribution in [1.82, 2.24) is 9.78 Å². The van der Waals surface area contributed by atoms with E-state index in [1.807, 2.05) is 37.3 Å². The molecule has 2 aromatic rings. The lowest BCUT2D eigenvalue weighted by atomic mass is 9.96. The number of aromatic nitrogens is 2. The van der Waals surface area contributed by atoms with Crippen molar-refractivity contribution >= 4 is 5.91 Å². The van der Waals surface area contributed by atoms with E-state index in [-0.39, 0.29) is 11.8 Å². The molecule has 0 saturated carbocycles. The van der Waals surface area contributed by atoms with Gasteiger partial charge < -0.3 is 0 Å². The lowest BCUT2D eigenvalue weighted by molar-refractivity contribution is 0.0858. The predicted octanol–water partition coefficient (Wildman–Crippen LogP) is 2.72. The normalized spacial score (nSPS) is 12.3. The van der Waals surface area contributed by atoms with E-state index >= 15 is 0 Å². The van der Waals surface area contributed by atoms with Crippen LogP contribution in [0.4, 0.5) is 0 Å². The molecule has 82 valence electrons. The van der Waals surface area contributed by atoms with Gasteiger partial charge in [-0.25, -0.2) is 4.68 Å². The summed E-state index contributed by atoms with van der Waals surface area (Å²) in [6, 6.07) is 11.6. The zero-order chi connectivity index (χ0) is 11.4. The summed E-state index contributed by atoms with van der Waals surface area (Å²) in [6.45, 7) is 2.01. The zero-order valence-corrected chi connectivity index (χ0v) is 9.21. The van der Waals surface area contributed by atoms with E-state index in [9.17, 15) is 4.79 Å². The van der Waals surface area contributed by atoms with Gasteiger partial charge in [0.15, 0.2) is 0 Å². The van der Waals surface area contributed by atoms with Crippen molar-refractivity contribution in [3.63, 3.8) is 0 Å². The number of rotatable bonds is 3. The van der Waals surface area contributed by atoms with Gasteiger partial charge in [0.1, 0.15) is 0 Å². The first kappa shape index (κ1) is 10.6. The second-order valence-electron chi connectivity index (χ2n) is 3.66. The molecular formula is C13H14N2O. The summed E-state index contributed by atoms with van der Waals surface area (Å²) in [5, 5.41) is 3.98. The van der Waals surface area contributed by atoms with Crippen LogP contribution in [0.15, 0.2) is 48.8 Å². The van der Waals surface area contributed by atoms with Crippen LogP contribution >= 0.6 is 0 Å². The molecule has 3 heteroatoms. The third kappa shape index (κ3) is 2.03. The summed E-state index contributed by atoms with van der Waals surface area (Å²) in [5.74, 6) is -0.0835. The highest BCUT2D eigenvalue weighted by atomic mass is 16.2. The van der Waals surface area contributed by atoms with Crippen LogP contribution in [-0.4, -0.2) is 15.7 Å². The minimum Gasteiger partial charge on any atom is -0.272 e. The molecule has 0 aliphatic carbocycles. The van der Waals surface area contributed by atoms with Gasteiger partial charge in [-0.1, -0.05) is 37.3 Å². The molecule has 0 fully saturated rings. The molecule has 0 amide bonds. The monoisotopic (exact) mass is 214 g/mol. The van der Waals surface area contributed by atoms with E-state index in [2.05, 4.69) is 5.10 Å². The number of carbonyl (C=O) groups is 1. The summed E-state index contributed by atoms with van der Waals surface area (Å²) in [4.78, 5) is 12.1. The zero-order valence-electron chi connectivity index (χ0n) is 9.21. The van der Waals surface area contributed by atoms with Crippen molar-refractivity contribution in [3.8, 4) is 0 Å². The SMILES string of the molecule is CC[C@@H](C(=O)n1cccn1)c1ccccc1. The highest BCUT2D eigenvalue weighted by Crippen LogP contribution is 2.20. The summed E-state index contributed by atoms with van der Waals surface area (Å²) >= 11 is 0. The molecule has 2 rings (SSSR count). The molecule has 1 aromatic heterocycles. The Hall–Kier alpha value is -1.90. The third-order valence-electron chi connectivity index (χ3n) is 2.64. The molecule has 0 bridgehead atoms.